The van der Waals surface area contributed by atoms with Gasteiger partial charge in [0.15, 0.2) is 0 Å². The molecule has 1 unspecified atom stereocenters. The molecule has 0 saturated carbocycles. The van der Waals surface area contributed by atoms with Crippen LogP contribution in [0.5, 0.6) is 5.75 Å². The van der Waals surface area contributed by atoms with Gasteiger partial charge in [-0.2, -0.15) is 0 Å². The fourth-order valence-corrected chi connectivity index (χ4v) is 2.38. The standard InChI is InChI=1S/C11H14ClNO3S/c1-8(6-12)7-17-11-4-9(13(14)15)3-10(5-11)16-2/h3-5,8H,6-7H2,1-2H3. The first-order valence-electron chi connectivity index (χ1n) is 5.09. The Morgan fingerprint density at radius 1 is 1.53 bits per heavy atom. The Bertz CT molecular complexity index is 400. The molecule has 17 heavy (non-hydrogen) atoms. The lowest BCUT2D eigenvalue weighted by molar-refractivity contribution is -0.385. The highest BCUT2D eigenvalue weighted by molar-refractivity contribution is 7.99. The van der Waals surface area contributed by atoms with Crippen LogP contribution in [-0.2, 0) is 0 Å². The lowest BCUT2D eigenvalue weighted by atomic mass is 10.3. The molecule has 0 aromatic heterocycles. The van der Waals surface area contributed by atoms with Crippen LogP contribution in [0, 0.1) is 16.0 Å². The maximum absolute atomic E-state index is 10.7. The first-order valence-corrected chi connectivity index (χ1v) is 6.61. The van der Waals surface area contributed by atoms with E-state index >= 15 is 0 Å². The average molecular weight is 276 g/mol. The second kappa shape index (κ2) is 6.71. The number of nitro groups is 1. The van der Waals surface area contributed by atoms with Gasteiger partial charge >= 0.3 is 0 Å². The van der Waals surface area contributed by atoms with Crippen molar-refractivity contribution in [3.05, 3.63) is 28.3 Å². The molecule has 0 amide bonds. The van der Waals surface area contributed by atoms with E-state index < -0.39 is 4.92 Å². The number of hydrogen-bond donors (Lipinski definition) is 0. The SMILES string of the molecule is COc1cc(SCC(C)CCl)cc([N+](=O)[O-])c1. The number of hydrogen-bond acceptors (Lipinski definition) is 4. The Morgan fingerprint density at radius 3 is 2.76 bits per heavy atom. The molecule has 0 radical (unpaired) electrons. The van der Waals surface area contributed by atoms with Crippen LogP contribution in [-0.4, -0.2) is 23.7 Å². The van der Waals surface area contributed by atoms with Crippen molar-refractivity contribution < 1.29 is 9.66 Å². The van der Waals surface area contributed by atoms with E-state index in [-0.39, 0.29) is 5.69 Å². The summed E-state index contributed by atoms with van der Waals surface area (Å²) in [5.41, 5.74) is 0.0466. The van der Waals surface area contributed by atoms with Gasteiger partial charge in [0.1, 0.15) is 5.75 Å². The minimum Gasteiger partial charge on any atom is -0.496 e. The largest absolute Gasteiger partial charge is 0.496 e. The van der Waals surface area contributed by atoms with Crippen molar-refractivity contribution in [2.24, 2.45) is 5.92 Å². The zero-order valence-electron chi connectivity index (χ0n) is 9.68. The zero-order valence-corrected chi connectivity index (χ0v) is 11.3. The quantitative estimate of drug-likeness (QED) is 0.345. The predicted molar refractivity (Wildman–Crippen MR) is 70.3 cm³/mol. The highest BCUT2D eigenvalue weighted by Gasteiger charge is 2.11. The van der Waals surface area contributed by atoms with E-state index in [1.54, 1.807) is 23.9 Å². The minimum absolute atomic E-state index is 0.0466. The summed E-state index contributed by atoms with van der Waals surface area (Å²) in [4.78, 5) is 11.1. The van der Waals surface area contributed by atoms with Gasteiger partial charge in [-0.25, -0.2) is 0 Å². The van der Waals surface area contributed by atoms with Crippen molar-refractivity contribution >= 4 is 29.1 Å². The average Bonchev–Trinajstić information content (AvgIpc) is 2.35. The molecule has 1 rings (SSSR count). The summed E-state index contributed by atoms with van der Waals surface area (Å²) in [6, 6.07) is 4.75. The number of methoxy groups -OCH3 is 1. The second-order valence-corrected chi connectivity index (χ2v) is 5.10. The molecular formula is C11H14ClNO3S. The summed E-state index contributed by atoms with van der Waals surface area (Å²) in [7, 11) is 1.49. The Balaban J connectivity index is 2.83. The summed E-state index contributed by atoms with van der Waals surface area (Å²) in [6.07, 6.45) is 0. The summed E-state index contributed by atoms with van der Waals surface area (Å²) in [6.45, 7) is 2.04. The van der Waals surface area contributed by atoms with E-state index in [9.17, 15) is 10.1 Å². The van der Waals surface area contributed by atoms with Gasteiger partial charge in [0.05, 0.1) is 18.1 Å². The van der Waals surface area contributed by atoms with Gasteiger partial charge in [-0.1, -0.05) is 6.92 Å². The Hall–Kier alpha value is -0.940. The summed E-state index contributed by atoms with van der Waals surface area (Å²) >= 11 is 7.26. The van der Waals surface area contributed by atoms with Crippen molar-refractivity contribution in [2.75, 3.05) is 18.7 Å². The topological polar surface area (TPSA) is 52.4 Å². The molecule has 94 valence electrons. The van der Waals surface area contributed by atoms with Crippen LogP contribution in [0.25, 0.3) is 0 Å². The predicted octanol–water partition coefficient (Wildman–Crippen LogP) is 3.57. The molecule has 0 N–H and O–H groups in total. The lowest BCUT2D eigenvalue weighted by Gasteiger charge is -2.08. The van der Waals surface area contributed by atoms with Crippen LogP contribution >= 0.6 is 23.4 Å². The van der Waals surface area contributed by atoms with Crippen LogP contribution in [0.2, 0.25) is 0 Å². The van der Waals surface area contributed by atoms with E-state index in [0.29, 0.717) is 17.5 Å². The van der Waals surface area contributed by atoms with E-state index in [0.717, 1.165) is 10.6 Å². The molecule has 6 heteroatoms. The summed E-state index contributed by atoms with van der Waals surface area (Å²) in [5.74, 6) is 2.28. The molecule has 0 spiro atoms. The van der Waals surface area contributed by atoms with E-state index in [1.807, 2.05) is 6.92 Å². The number of alkyl halides is 1. The third-order valence-corrected chi connectivity index (χ3v) is 3.94. The van der Waals surface area contributed by atoms with Crippen molar-refractivity contribution in [3.63, 3.8) is 0 Å². The number of thioether (sulfide) groups is 1. The van der Waals surface area contributed by atoms with Gasteiger partial charge in [-0.3, -0.25) is 10.1 Å². The zero-order chi connectivity index (χ0) is 12.8. The molecule has 0 heterocycles. The number of ether oxygens (including phenoxy) is 1. The molecule has 0 bridgehead atoms. The fraction of sp³-hybridized carbons (Fsp3) is 0.455. The van der Waals surface area contributed by atoms with E-state index in [1.165, 1.54) is 13.2 Å². The third kappa shape index (κ3) is 4.44. The highest BCUT2D eigenvalue weighted by Crippen LogP contribution is 2.30. The molecular weight excluding hydrogens is 262 g/mol. The fourth-order valence-electron chi connectivity index (χ4n) is 1.15. The van der Waals surface area contributed by atoms with Gasteiger partial charge in [-0.15, -0.1) is 23.4 Å². The smallest absolute Gasteiger partial charge is 0.274 e. The number of non-ortho nitro benzene ring substituents is 1. The lowest BCUT2D eigenvalue weighted by Crippen LogP contribution is -1.99. The maximum Gasteiger partial charge on any atom is 0.274 e. The van der Waals surface area contributed by atoms with Crippen LogP contribution in [0.4, 0.5) is 5.69 Å². The number of nitrogens with zero attached hydrogens (tertiary/aromatic N) is 1. The number of halogens is 1. The van der Waals surface area contributed by atoms with Crippen molar-refractivity contribution in [1.29, 1.82) is 0 Å². The van der Waals surface area contributed by atoms with Gasteiger partial charge in [0, 0.05) is 22.6 Å². The Kier molecular flexibility index (Phi) is 5.58. The number of benzene rings is 1. The molecule has 1 aromatic carbocycles. The van der Waals surface area contributed by atoms with E-state index in [4.69, 9.17) is 16.3 Å². The first-order chi connectivity index (χ1) is 8.06. The molecule has 1 aromatic rings. The van der Waals surface area contributed by atoms with Gasteiger partial charge in [0.25, 0.3) is 5.69 Å². The Morgan fingerprint density at radius 2 is 2.24 bits per heavy atom. The van der Waals surface area contributed by atoms with Crippen molar-refractivity contribution in [3.8, 4) is 5.75 Å². The monoisotopic (exact) mass is 275 g/mol. The van der Waals surface area contributed by atoms with Gasteiger partial charge in [0.2, 0.25) is 0 Å². The van der Waals surface area contributed by atoms with Crippen LogP contribution in [0.1, 0.15) is 6.92 Å². The van der Waals surface area contributed by atoms with Gasteiger partial charge in [-0.05, 0) is 12.0 Å². The van der Waals surface area contributed by atoms with E-state index in [2.05, 4.69) is 0 Å². The normalized spacial score (nSPS) is 12.2. The molecule has 0 aliphatic heterocycles. The number of rotatable bonds is 6. The van der Waals surface area contributed by atoms with Gasteiger partial charge < -0.3 is 4.74 Å². The molecule has 0 fully saturated rings. The maximum atomic E-state index is 10.7. The second-order valence-electron chi connectivity index (χ2n) is 3.69. The third-order valence-electron chi connectivity index (χ3n) is 2.11. The molecule has 0 aliphatic rings. The molecule has 0 saturated heterocycles. The molecule has 1 atom stereocenters. The summed E-state index contributed by atoms with van der Waals surface area (Å²) in [5, 5.41) is 10.7. The minimum atomic E-state index is -0.419. The molecule has 4 nitrogen and oxygen atoms in total. The Labute approximate surface area is 109 Å². The highest BCUT2D eigenvalue weighted by atomic mass is 35.5. The van der Waals surface area contributed by atoms with Crippen LogP contribution in [0.15, 0.2) is 23.1 Å². The van der Waals surface area contributed by atoms with Crippen LogP contribution in [0.3, 0.4) is 0 Å². The van der Waals surface area contributed by atoms with Crippen molar-refractivity contribution in [1.82, 2.24) is 0 Å². The molecule has 0 aliphatic carbocycles. The number of nitro benzene ring substituents is 1. The first kappa shape index (κ1) is 14.1. The van der Waals surface area contributed by atoms with Crippen molar-refractivity contribution in [2.45, 2.75) is 11.8 Å². The van der Waals surface area contributed by atoms with Crippen LogP contribution < -0.4 is 4.74 Å². The summed E-state index contributed by atoms with van der Waals surface area (Å²) < 4.78 is 5.03.